The molecule has 1 amide bonds. The van der Waals surface area contributed by atoms with Crippen LogP contribution in [0.2, 0.25) is 0 Å². The Labute approximate surface area is 115 Å². The molecule has 0 bridgehead atoms. The molecule has 20 heavy (non-hydrogen) atoms. The minimum absolute atomic E-state index is 0.00705. The minimum atomic E-state index is -0.600. The highest BCUT2D eigenvalue weighted by molar-refractivity contribution is 5.98. The second-order valence-electron chi connectivity index (χ2n) is 4.51. The predicted octanol–water partition coefficient (Wildman–Crippen LogP) is 1.41. The summed E-state index contributed by atoms with van der Waals surface area (Å²) in [4.78, 5) is 35.3. The Kier molecular flexibility index (Phi) is 3.97. The van der Waals surface area contributed by atoms with Crippen LogP contribution in [-0.4, -0.2) is 41.7 Å². The first-order valence-electron chi connectivity index (χ1n) is 6.16. The quantitative estimate of drug-likeness (QED) is 0.616. The molecule has 106 valence electrons. The molecule has 1 fully saturated rings. The molecule has 0 unspecified atom stereocenters. The first kappa shape index (κ1) is 14.0. The Hall–Kier alpha value is -2.44. The van der Waals surface area contributed by atoms with Crippen molar-refractivity contribution >= 4 is 17.4 Å². The van der Waals surface area contributed by atoms with Gasteiger partial charge in [-0.1, -0.05) is 0 Å². The Bertz CT molecular complexity index is 570. The number of ketones is 1. The van der Waals surface area contributed by atoms with Gasteiger partial charge in [-0.25, -0.2) is 0 Å². The number of benzene rings is 1. The third kappa shape index (κ3) is 2.76. The molecule has 1 aliphatic rings. The Balaban J connectivity index is 2.28. The maximum absolute atomic E-state index is 12.2. The van der Waals surface area contributed by atoms with Crippen LogP contribution in [0, 0.1) is 10.1 Å². The lowest BCUT2D eigenvalue weighted by Crippen LogP contribution is -2.40. The van der Waals surface area contributed by atoms with Gasteiger partial charge in [-0.2, -0.15) is 0 Å². The van der Waals surface area contributed by atoms with Gasteiger partial charge < -0.3 is 9.64 Å². The van der Waals surface area contributed by atoms with Gasteiger partial charge in [-0.15, -0.1) is 0 Å². The number of rotatable bonds is 3. The third-order valence-electron chi connectivity index (χ3n) is 3.16. The van der Waals surface area contributed by atoms with Crippen LogP contribution in [-0.2, 0) is 4.79 Å². The molecule has 0 spiro atoms. The van der Waals surface area contributed by atoms with E-state index in [1.807, 2.05) is 0 Å². The zero-order valence-corrected chi connectivity index (χ0v) is 11.0. The molecule has 0 radical (unpaired) electrons. The molecule has 0 N–H and O–H groups in total. The maximum atomic E-state index is 12.2. The van der Waals surface area contributed by atoms with Gasteiger partial charge in [0.1, 0.15) is 0 Å². The van der Waals surface area contributed by atoms with E-state index in [0.29, 0.717) is 19.4 Å². The number of hydrogen-bond donors (Lipinski definition) is 0. The van der Waals surface area contributed by atoms with E-state index in [1.54, 1.807) is 0 Å². The van der Waals surface area contributed by atoms with E-state index in [9.17, 15) is 19.7 Å². The van der Waals surface area contributed by atoms with Crippen LogP contribution >= 0.6 is 0 Å². The van der Waals surface area contributed by atoms with Crippen molar-refractivity contribution in [3.05, 3.63) is 33.9 Å². The van der Waals surface area contributed by atoms with E-state index in [1.165, 1.54) is 30.2 Å². The normalized spacial score (nSPS) is 15.1. The number of Topliss-reactive ketones (excluding diaryl/α,β-unsaturated/α-hetero) is 1. The van der Waals surface area contributed by atoms with Gasteiger partial charge in [0.15, 0.2) is 11.5 Å². The lowest BCUT2D eigenvalue weighted by Gasteiger charge is -2.25. The molecule has 0 aliphatic carbocycles. The molecule has 0 saturated carbocycles. The van der Waals surface area contributed by atoms with E-state index in [0.717, 1.165) is 0 Å². The topological polar surface area (TPSA) is 89.8 Å². The highest BCUT2D eigenvalue weighted by Gasteiger charge is 2.25. The van der Waals surface area contributed by atoms with Gasteiger partial charge in [0.2, 0.25) is 0 Å². The van der Waals surface area contributed by atoms with Crippen LogP contribution in [0.3, 0.4) is 0 Å². The van der Waals surface area contributed by atoms with Crippen molar-refractivity contribution in [2.24, 2.45) is 0 Å². The number of carbonyl (C=O) groups excluding carboxylic acids is 2. The molecule has 7 heteroatoms. The molecule has 7 nitrogen and oxygen atoms in total. The fraction of sp³-hybridized carbons (Fsp3) is 0.385. The maximum Gasteiger partial charge on any atom is 0.311 e. The molecule has 2 rings (SSSR count). The molecule has 0 atom stereocenters. The summed E-state index contributed by atoms with van der Waals surface area (Å²) in [6, 6.07) is 4.03. The summed E-state index contributed by atoms with van der Waals surface area (Å²) < 4.78 is 4.88. The number of likely N-dealkylation sites (tertiary alicyclic amines) is 1. The Morgan fingerprint density at radius 3 is 2.80 bits per heavy atom. The number of nitrogens with zero attached hydrogens (tertiary/aromatic N) is 2. The SMILES string of the molecule is COc1ccc(C(=O)N2CCCC(=O)C2)cc1[N+](=O)[O-]. The van der Waals surface area contributed by atoms with Crippen molar-refractivity contribution in [1.82, 2.24) is 4.90 Å². The van der Waals surface area contributed by atoms with Gasteiger partial charge in [-0.05, 0) is 18.6 Å². The van der Waals surface area contributed by atoms with E-state index < -0.39 is 4.92 Å². The fourth-order valence-corrected chi connectivity index (χ4v) is 2.16. The summed E-state index contributed by atoms with van der Waals surface area (Å²) in [5.74, 6) is -0.266. The van der Waals surface area contributed by atoms with Crippen molar-refractivity contribution in [1.29, 1.82) is 0 Å². The standard InChI is InChI=1S/C13H14N2O5/c1-20-12-5-4-9(7-11(12)15(18)19)13(17)14-6-2-3-10(16)8-14/h4-5,7H,2-3,6,8H2,1H3. The van der Waals surface area contributed by atoms with Gasteiger partial charge in [0.25, 0.3) is 5.91 Å². The largest absolute Gasteiger partial charge is 0.490 e. The molecule has 1 aromatic rings. The van der Waals surface area contributed by atoms with E-state index >= 15 is 0 Å². The third-order valence-corrected chi connectivity index (χ3v) is 3.16. The van der Waals surface area contributed by atoms with Crippen molar-refractivity contribution in [2.45, 2.75) is 12.8 Å². The van der Waals surface area contributed by atoms with E-state index in [2.05, 4.69) is 0 Å². The summed E-state index contributed by atoms with van der Waals surface area (Å²) >= 11 is 0. The van der Waals surface area contributed by atoms with Gasteiger partial charge in [0, 0.05) is 24.6 Å². The van der Waals surface area contributed by atoms with Gasteiger partial charge in [0.05, 0.1) is 18.6 Å². The van der Waals surface area contributed by atoms with E-state index in [4.69, 9.17) is 4.74 Å². The smallest absolute Gasteiger partial charge is 0.311 e. The highest BCUT2D eigenvalue weighted by Crippen LogP contribution is 2.28. The Morgan fingerprint density at radius 2 is 2.20 bits per heavy atom. The Morgan fingerprint density at radius 1 is 1.45 bits per heavy atom. The fourth-order valence-electron chi connectivity index (χ4n) is 2.16. The zero-order valence-electron chi connectivity index (χ0n) is 11.0. The number of hydrogen-bond acceptors (Lipinski definition) is 5. The first-order valence-corrected chi connectivity index (χ1v) is 6.16. The van der Waals surface area contributed by atoms with Crippen LogP contribution in [0.25, 0.3) is 0 Å². The number of methoxy groups -OCH3 is 1. The van der Waals surface area contributed by atoms with Crippen LogP contribution in [0.4, 0.5) is 5.69 Å². The number of carbonyl (C=O) groups is 2. The number of piperidine rings is 1. The highest BCUT2D eigenvalue weighted by atomic mass is 16.6. The van der Waals surface area contributed by atoms with Crippen molar-refractivity contribution < 1.29 is 19.2 Å². The minimum Gasteiger partial charge on any atom is -0.490 e. The van der Waals surface area contributed by atoms with Crippen molar-refractivity contribution in [3.8, 4) is 5.75 Å². The lowest BCUT2D eigenvalue weighted by molar-refractivity contribution is -0.385. The zero-order chi connectivity index (χ0) is 14.7. The van der Waals surface area contributed by atoms with Gasteiger partial charge >= 0.3 is 5.69 Å². The van der Waals surface area contributed by atoms with Gasteiger partial charge in [-0.3, -0.25) is 19.7 Å². The summed E-state index contributed by atoms with van der Waals surface area (Å²) in [6.07, 6.45) is 1.11. The van der Waals surface area contributed by atoms with Crippen LogP contribution in [0.1, 0.15) is 23.2 Å². The van der Waals surface area contributed by atoms with Crippen molar-refractivity contribution in [2.75, 3.05) is 20.2 Å². The monoisotopic (exact) mass is 278 g/mol. The first-order chi connectivity index (χ1) is 9.52. The predicted molar refractivity (Wildman–Crippen MR) is 69.8 cm³/mol. The summed E-state index contributed by atoms with van der Waals surface area (Å²) in [7, 11) is 1.33. The molecule has 1 heterocycles. The number of ether oxygens (including phenoxy) is 1. The summed E-state index contributed by atoms with van der Waals surface area (Å²) in [5.41, 5.74) is -0.0751. The lowest BCUT2D eigenvalue weighted by atomic mass is 10.1. The number of nitro groups is 1. The van der Waals surface area contributed by atoms with Crippen molar-refractivity contribution in [3.63, 3.8) is 0 Å². The molecular formula is C13H14N2O5. The molecule has 1 saturated heterocycles. The molecule has 0 aromatic heterocycles. The average molecular weight is 278 g/mol. The second kappa shape index (κ2) is 5.68. The number of amides is 1. The van der Waals surface area contributed by atoms with E-state index in [-0.39, 0.29) is 35.2 Å². The van der Waals surface area contributed by atoms with Crippen LogP contribution in [0.5, 0.6) is 5.75 Å². The molecule has 1 aliphatic heterocycles. The second-order valence-corrected chi connectivity index (χ2v) is 4.51. The molecular weight excluding hydrogens is 264 g/mol. The number of nitro benzene ring substituents is 1. The summed E-state index contributed by atoms with van der Waals surface area (Å²) in [6.45, 7) is 0.559. The van der Waals surface area contributed by atoms with Crippen LogP contribution < -0.4 is 4.74 Å². The van der Waals surface area contributed by atoms with Crippen LogP contribution in [0.15, 0.2) is 18.2 Å². The molecule has 1 aromatic carbocycles. The average Bonchev–Trinajstić information content (AvgIpc) is 2.45. The summed E-state index contributed by atoms with van der Waals surface area (Å²) in [5, 5.41) is 10.9.